The first-order valence-electron chi connectivity index (χ1n) is 6.69. The summed E-state index contributed by atoms with van der Waals surface area (Å²) in [7, 11) is 0. The zero-order chi connectivity index (χ0) is 14.1. The minimum atomic E-state index is 0.107. The third kappa shape index (κ3) is 2.66. The molecule has 0 saturated carbocycles. The van der Waals surface area contributed by atoms with Gasteiger partial charge < -0.3 is 5.11 Å². The van der Waals surface area contributed by atoms with Gasteiger partial charge in [0.1, 0.15) is 5.75 Å². The monoisotopic (exact) mass is 288 g/mol. The summed E-state index contributed by atoms with van der Waals surface area (Å²) in [6.07, 6.45) is 0.888. The normalized spacial score (nSPS) is 22.1. The predicted octanol–water partition coefficient (Wildman–Crippen LogP) is 3.63. The van der Waals surface area contributed by atoms with Crippen LogP contribution in [-0.4, -0.2) is 5.11 Å². The summed E-state index contributed by atoms with van der Waals surface area (Å²) in [5, 5.41) is 10.7. The van der Waals surface area contributed by atoms with Crippen molar-refractivity contribution in [3.05, 3.63) is 64.2 Å². The van der Waals surface area contributed by atoms with E-state index >= 15 is 0 Å². The summed E-state index contributed by atoms with van der Waals surface area (Å²) >= 11 is 5.91. The number of phenolic OH excluding ortho intramolecular Hbond substituents is 1. The summed E-state index contributed by atoms with van der Waals surface area (Å²) in [6, 6.07) is 13.9. The maximum atomic E-state index is 10.0. The molecule has 1 aliphatic rings. The van der Waals surface area contributed by atoms with E-state index in [1.165, 1.54) is 5.56 Å². The fourth-order valence-electron chi connectivity index (χ4n) is 2.63. The molecule has 0 bridgehead atoms. The largest absolute Gasteiger partial charge is 0.508 e. The van der Waals surface area contributed by atoms with Crippen molar-refractivity contribution < 1.29 is 5.11 Å². The van der Waals surface area contributed by atoms with Crippen molar-refractivity contribution in [3.63, 3.8) is 0 Å². The zero-order valence-electron chi connectivity index (χ0n) is 11.2. The zero-order valence-corrected chi connectivity index (χ0v) is 12.0. The third-order valence-corrected chi connectivity index (χ3v) is 3.99. The van der Waals surface area contributed by atoms with Crippen molar-refractivity contribution in [1.82, 2.24) is 10.9 Å². The van der Waals surface area contributed by atoms with Crippen LogP contribution in [0.4, 0.5) is 0 Å². The molecule has 3 nitrogen and oxygen atoms in total. The quantitative estimate of drug-likeness (QED) is 0.790. The first kappa shape index (κ1) is 13.4. The Labute approximate surface area is 123 Å². The molecule has 2 aromatic rings. The molecule has 104 valence electrons. The van der Waals surface area contributed by atoms with Gasteiger partial charge in [-0.3, -0.25) is 0 Å². The summed E-state index contributed by atoms with van der Waals surface area (Å²) in [5.74, 6) is 0.339. The molecule has 0 aromatic heterocycles. The van der Waals surface area contributed by atoms with E-state index in [4.69, 9.17) is 11.6 Å². The second-order valence-corrected chi connectivity index (χ2v) is 5.68. The minimum absolute atomic E-state index is 0.107. The summed E-state index contributed by atoms with van der Waals surface area (Å²) in [4.78, 5) is 0. The van der Waals surface area contributed by atoms with Crippen LogP contribution in [0.5, 0.6) is 5.75 Å². The van der Waals surface area contributed by atoms with Gasteiger partial charge in [0.05, 0.1) is 6.04 Å². The van der Waals surface area contributed by atoms with E-state index in [-0.39, 0.29) is 12.1 Å². The van der Waals surface area contributed by atoms with E-state index in [9.17, 15) is 5.11 Å². The molecule has 4 heteroatoms. The number of aromatic hydroxyl groups is 1. The Balaban J connectivity index is 1.79. The molecule has 2 unspecified atom stereocenters. The third-order valence-electron chi connectivity index (χ3n) is 3.73. The molecule has 1 aliphatic heterocycles. The van der Waals surface area contributed by atoms with Crippen molar-refractivity contribution >= 4 is 11.6 Å². The van der Waals surface area contributed by atoms with E-state index in [0.29, 0.717) is 5.75 Å². The average molecular weight is 289 g/mol. The molecule has 0 radical (unpaired) electrons. The molecule has 0 amide bonds. The van der Waals surface area contributed by atoms with Crippen LogP contribution in [0.3, 0.4) is 0 Å². The van der Waals surface area contributed by atoms with Gasteiger partial charge in [0.25, 0.3) is 0 Å². The Kier molecular flexibility index (Phi) is 3.66. The molecule has 1 saturated heterocycles. The second kappa shape index (κ2) is 5.44. The van der Waals surface area contributed by atoms with E-state index in [1.807, 2.05) is 43.3 Å². The van der Waals surface area contributed by atoms with Crippen molar-refractivity contribution in [2.45, 2.75) is 25.4 Å². The minimum Gasteiger partial charge on any atom is -0.508 e. The molecular weight excluding hydrogens is 272 g/mol. The van der Waals surface area contributed by atoms with Crippen molar-refractivity contribution in [2.75, 3.05) is 0 Å². The highest BCUT2D eigenvalue weighted by Crippen LogP contribution is 2.35. The lowest BCUT2D eigenvalue weighted by Crippen LogP contribution is -2.26. The first-order valence-corrected chi connectivity index (χ1v) is 7.07. The van der Waals surface area contributed by atoms with Gasteiger partial charge >= 0.3 is 0 Å². The van der Waals surface area contributed by atoms with Crippen molar-refractivity contribution in [1.29, 1.82) is 0 Å². The SMILES string of the molecule is Cc1ccc(O)c(C2CC(c3ccc(Cl)cc3)NN2)c1. The number of phenols is 1. The average Bonchev–Trinajstić information content (AvgIpc) is 2.92. The van der Waals surface area contributed by atoms with E-state index < -0.39 is 0 Å². The van der Waals surface area contributed by atoms with Crippen molar-refractivity contribution in [3.8, 4) is 5.75 Å². The highest BCUT2D eigenvalue weighted by atomic mass is 35.5. The van der Waals surface area contributed by atoms with E-state index in [1.54, 1.807) is 6.07 Å². The highest BCUT2D eigenvalue weighted by Gasteiger charge is 2.27. The Hall–Kier alpha value is -1.55. The smallest absolute Gasteiger partial charge is 0.120 e. The van der Waals surface area contributed by atoms with Crippen LogP contribution in [0.25, 0.3) is 0 Å². The van der Waals surface area contributed by atoms with Crippen LogP contribution in [0.1, 0.15) is 35.2 Å². The van der Waals surface area contributed by atoms with Crippen LogP contribution >= 0.6 is 11.6 Å². The molecular formula is C16H17ClN2O. The number of aryl methyl sites for hydroxylation is 1. The number of hydrogen-bond donors (Lipinski definition) is 3. The molecule has 2 aromatic carbocycles. The maximum absolute atomic E-state index is 10.0. The second-order valence-electron chi connectivity index (χ2n) is 5.24. The summed E-state index contributed by atoms with van der Waals surface area (Å²) in [6.45, 7) is 2.03. The number of halogens is 1. The molecule has 1 fully saturated rings. The lowest BCUT2D eigenvalue weighted by molar-refractivity contribution is 0.453. The van der Waals surface area contributed by atoms with Gasteiger partial charge in [0.2, 0.25) is 0 Å². The number of benzene rings is 2. The highest BCUT2D eigenvalue weighted by molar-refractivity contribution is 6.30. The molecule has 3 N–H and O–H groups in total. The predicted molar refractivity (Wildman–Crippen MR) is 80.7 cm³/mol. The molecule has 20 heavy (non-hydrogen) atoms. The topological polar surface area (TPSA) is 44.3 Å². The van der Waals surface area contributed by atoms with Gasteiger partial charge in [0.15, 0.2) is 0 Å². The lowest BCUT2D eigenvalue weighted by Gasteiger charge is -2.12. The molecule has 0 spiro atoms. The van der Waals surface area contributed by atoms with Gasteiger partial charge in [-0.05, 0) is 37.1 Å². The molecule has 1 heterocycles. The number of rotatable bonds is 2. The Morgan fingerprint density at radius 3 is 2.50 bits per heavy atom. The Morgan fingerprint density at radius 2 is 1.75 bits per heavy atom. The van der Waals surface area contributed by atoms with Gasteiger partial charge in [-0.2, -0.15) is 0 Å². The first-order chi connectivity index (χ1) is 9.63. The van der Waals surface area contributed by atoms with Crippen LogP contribution in [0, 0.1) is 6.92 Å². The van der Waals surface area contributed by atoms with Crippen LogP contribution in [0.2, 0.25) is 5.02 Å². The fraction of sp³-hybridized carbons (Fsp3) is 0.250. The number of hydrogen-bond acceptors (Lipinski definition) is 3. The van der Waals surface area contributed by atoms with Crippen LogP contribution in [-0.2, 0) is 0 Å². The number of nitrogens with one attached hydrogen (secondary N) is 2. The van der Waals surface area contributed by atoms with Crippen LogP contribution < -0.4 is 10.9 Å². The fourth-order valence-corrected chi connectivity index (χ4v) is 2.75. The Morgan fingerprint density at radius 1 is 1.05 bits per heavy atom. The Bertz CT molecular complexity index is 612. The van der Waals surface area contributed by atoms with Gasteiger partial charge in [-0.1, -0.05) is 41.4 Å². The maximum Gasteiger partial charge on any atom is 0.120 e. The van der Waals surface area contributed by atoms with Gasteiger partial charge in [-0.15, -0.1) is 0 Å². The van der Waals surface area contributed by atoms with E-state index in [0.717, 1.165) is 22.6 Å². The van der Waals surface area contributed by atoms with E-state index in [2.05, 4.69) is 10.9 Å². The lowest BCUT2D eigenvalue weighted by atomic mass is 9.96. The van der Waals surface area contributed by atoms with Gasteiger partial charge in [0, 0.05) is 16.6 Å². The standard InChI is InChI=1S/C16H17ClN2O/c1-10-2-7-16(20)13(8-10)15-9-14(18-19-15)11-3-5-12(17)6-4-11/h2-8,14-15,18-20H,9H2,1H3. The summed E-state index contributed by atoms with van der Waals surface area (Å²) in [5.41, 5.74) is 9.82. The molecule has 2 atom stereocenters. The van der Waals surface area contributed by atoms with Gasteiger partial charge in [-0.25, -0.2) is 10.9 Å². The van der Waals surface area contributed by atoms with Crippen LogP contribution in [0.15, 0.2) is 42.5 Å². The van der Waals surface area contributed by atoms with Crippen molar-refractivity contribution in [2.24, 2.45) is 0 Å². The molecule has 3 rings (SSSR count). The number of hydrazine groups is 1. The summed E-state index contributed by atoms with van der Waals surface area (Å²) < 4.78 is 0. The molecule has 0 aliphatic carbocycles.